The molecule has 1 aromatic carbocycles. The molecule has 0 unspecified atom stereocenters. The van der Waals surface area contributed by atoms with Gasteiger partial charge in [-0.25, -0.2) is 4.99 Å². The van der Waals surface area contributed by atoms with Gasteiger partial charge in [0.25, 0.3) is 0 Å². The highest BCUT2D eigenvalue weighted by Gasteiger charge is 2.01. The number of halogens is 1. The Labute approximate surface area is 175 Å². The maximum atomic E-state index is 5.37. The molecule has 2 N–H and O–H groups in total. The Kier molecular flexibility index (Phi) is 9.27. The van der Waals surface area contributed by atoms with E-state index in [2.05, 4.69) is 52.4 Å². The molecule has 0 aliphatic carbocycles. The summed E-state index contributed by atoms with van der Waals surface area (Å²) in [6.07, 6.45) is 3.52. The average Bonchev–Trinajstić information content (AvgIpc) is 3.34. The van der Waals surface area contributed by atoms with E-state index in [0.717, 1.165) is 37.7 Å². The summed E-state index contributed by atoms with van der Waals surface area (Å²) in [5.74, 6) is 1.82. The quantitative estimate of drug-likeness (QED) is 0.284. The molecule has 4 nitrogen and oxygen atoms in total. The zero-order valence-electron chi connectivity index (χ0n) is 14.6. The molecular formula is C20H24IN3OS. The molecule has 0 bridgehead atoms. The molecule has 0 aliphatic heterocycles. The fraction of sp³-hybridized carbons (Fsp3) is 0.250. The molecule has 3 rings (SSSR count). The third kappa shape index (κ3) is 7.21. The zero-order valence-corrected chi connectivity index (χ0v) is 17.7. The first kappa shape index (κ1) is 20.5. The number of thiophene rings is 1. The number of aliphatic imine (C=N–C) groups is 1. The van der Waals surface area contributed by atoms with Crippen LogP contribution >= 0.6 is 35.3 Å². The zero-order chi connectivity index (χ0) is 17.2. The molecule has 0 aliphatic rings. The predicted octanol–water partition coefficient (Wildman–Crippen LogP) is 4.48. The molecule has 0 saturated carbocycles. The number of furan rings is 1. The molecule has 26 heavy (non-hydrogen) atoms. The molecule has 0 amide bonds. The monoisotopic (exact) mass is 481 g/mol. The van der Waals surface area contributed by atoms with Gasteiger partial charge in [-0.2, -0.15) is 0 Å². The normalized spacial score (nSPS) is 11.0. The minimum absolute atomic E-state index is 0. The highest BCUT2D eigenvalue weighted by atomic mass is 127. The Morgan fingerprint density at radius 3 is 2.42 bits per heavy atom. The number of hydrogen-bond acceptors (Lipinski definition) is 3. The van der Waals surface area contributed by atoms with E-state index in [4.69, 9.17) is 9.41 Å². The van der Waals surface area contributed by atoms with Gasteiger partial charge in [0.05, 0.1) is 12.8 Å². The minimum Gasteiger partial charge on any atom is -0.469 e. The van der Waals surface area contributed by atoms with Gasteiger partial charge in [0.1, 0.15) is 5.76 Å². The van der Waals surface area contributed by atoms with Crippen LogP contribution in [-0.4, -0.2) is 19.0 Å². The Balaban J connectivity index is 0.00000243. The van der Waals surface area contributed by atoms with Crippen molar-refractivity contribution in [3.63, 3.8) is 0 Å². The second kappa shape index (κ2) is 11.7. The van der Waals surface area contributed by atoms with E-state index >= 15 is 0 Å². The van der Waals surface area contributed by atoms with E-state index in [1.54, 1.807) is 17.6 Å². The molecule has 2 heterocycles. The molecule has 0 fully saturated rings. The second-order valence-corrected chi connectivity index (χ2v) is 6.69. The number of nitrogens with zero attached hydrogens (tertiary/aromatic N) is 1. The molecule has 0 spiro atoms. The summed E-state index contributed by atoms with van der Waals surface area (Å²) in [4.78, 5) is 5.95. The maximum absolute atomic E-state index is 5.37. The fourth-order valence-electron chi connectivity index (χ4n) is 2.46. The fourth-order valence-corrected chi connectivity index (χ4v) is 3.09. The first-order valence-electron chi connectivity index (χ1n) is 8.51. The van der Waals surface area contributed by atoms with Crippen LogP contribution in [0.4, 0.5) is 0 Å². The van der Waals surface area contributed by atoms with Crippen molar-refractivity contribution in [2.45, 2.75) is 19.4 Å². The summed E-state index contributed by atoms with van der Waals surface area (Å²) in [5, 5.41) is 8.89. The lowest BCUT2D eigenvalue weighted by atomic mass is 10.1. The smallest absolute Gasteiger partial charge is 0.191 e. The van der Waals surface area contributed by atoms with E-state index in [1.807, 2.05) is 18.2 Å². The minimum atomic E-state index is 0. The molecular weight excluding hydrogens is 457 g/mol. The summed E-state index contributed by atoms with van der Waals surface area (Å²) in [5.41, 5.74) is 1.32. The molecule has 0 atom stereocenters. The third-order valence-corrected chi connectivity index (χ3v) is 4.63. The van der Waals surface area contributed by atoms with Gasteiger partial charge in [0, 0.05) is 24.4 Å². The molecule has 2 aromatic heterocycles. The number of guanidine groups is 1. The van der Waals surface area contributed by atoms with Gasteiger partial charge >= 0.3 is 0 Å². The van der Waals surface area contributed by atoms with Crippen molar-refractivity contribution in [3.8, 4) is 0 Å². The number of nitrogens with one attached hydrogen (secondary N) is 2. The lowest BCUT2D eigenvalue weighted by Crippen LogP contribution is -2.39. The lowest BCUT2D eigenvalue weighted by molar-refractivity contribution is 0.506. The highest BCUT2D eigenvalue weighted by molar-refractivity contribution is 14.0. The Morgan fingerprint density at radius 2 is 1.73 bits per heavy atom. The Bertz CT molecular complexity index is 743. The van der Waals surface area contributed by atoms with Crippen molar-refractivity contribution in [1.29, 1.82) is 0 Å². The van der Waals surface area contributed by atoms with Gasteiger partial charge in [-0.3, -0.25) is 0 Å². The molecule has 138 valence electrons. The van der Waals surface area contributed by atoms with Crippen LogP contribution in [0.15, 0.2) is 75.7 Å². The van der Waals surface area contributed by atoms with Gasteiger partial charge in [-0.15, -0.1) is 35.3 Å². The van der Waals surface area contributed by atoms with Gasteiger partial charge in [-0.1, -0.05) is 36.4 Å². The predicted molar refractivity (Wildman–Crippen MR) is 119 cm³/mol. The van der Waals surface area contributed by atoms with Gasteiger partial charge in [0.15, 0.2) is 5.96 Å². The standard InChI is InChI=1S/C20H23N3OS.HI/c1-2-6-17(7-3-1)10-12-21-20(23-16-19-9-5-15-25-19)22-13-11-18-8-4-14-24-18;/h1-9,14-15H,10-13,16H2,(H2,21,22,23);1H. The van der Waals surface area contributed by atoms with Crippen molar-refractivity contribution in [2.75, 3.05) is 13.1 Å². The van der Waals surface area contributed by atoms with Crippen LogP contribution in [0.25, 0.3) is 0 Å². The van der Waals surface area contributed by atoms with Crippen LogP contribution < -0.4 is 10.6 Å². The SMILES string of the molecule is I.c1ccc(CCNC(=NCc2cccs2)NCCc2ccco2)cc1. The maximum Gasteiger partial charge on any atom is 0.191 e. The summed E-state index contributed by atoms with van der Waals surface area (Å²) >= 11 is 1.73. The van der Waals surface area contributed by atoms with Crippen LogP contribution in [0.3, 0.4) is 0 Å². The summed E-state index contributed by atoms with van der Waals surface area (Å²) in [6.45, 7) is 2.33. The van der Waals surface area contributed by atoms with Crippen molar-refractivity contribution in [1.82, 2.24) is 10.6 Å². The molecule has 0 radical (unpaired) electrons. The van der Waals surface area contributed by atoms with E-state index in [1.165, 1.54) is 10.4 Å². The van der Waals surface area contributed by atoms with E-state index in [0.29, 0.717) is 6.54 Å². The highest BCUT2D eigenvalue weighted by Crippen LogP contribution is 2.09. The summed E-state index contributed by atoms with van der Waals surface area (Å²) in [6, 6.07) is 18.6. The van der Waals surface area contributed by atoms with Crippen LogP contribution in [0.1, 0.15) is 16.2 Å². The summed E-state index contributed by atoms with van der Waals surface area (Å²) in [7, 11) is 0. The average molecular weight is 481 g/mol. The Hall–Kier alpha value is -1.80. The number of benzene rings is 1. The topological polar surface area (TPSA) is 49.6 Å². The lowest BCUT2D eigenvalue weighted by Gasteiger charge is -2.12. The van der Waals surface area contributed by atoms with Gasteiger partial charge < -0.3 is 15.1 Å². The van der Waals surface area contributed by atoms with Crippen molar-refractivity contribution in [3.05, 3.63) is 82.4 Å². The van der Waals surface area contributed by atoms with E-state index in [9.17, 15) is 0 Å². The largest absolute Gasteiger partial charge is 0.469 e. The van der Waals surface area contributed by atoms with Crippen molar-refractivity contribution >= 4 is 41.3 Å². The van der Waals surface area contributed by atoms with Gasteiger partial charge in [0.2, 0.25) is 0 Å². The first-order valence-corrected chi connectivity index (χ1v) is 9.39. The van der Waals surface area contributed by atoms with Gasteiger partial charge in [-0.05, 0) is 35.6 Å². The molecule has 6 heteroatoms. The summed E-state index contributed by atoms with van der Waals surface area (Å²) < 4.78 is 5.37. The van der Waals surface area contributed by atoms with Crippen LogP contribution in [0.5, 0.6) is 0 Å². The number of hydrogen-bond donors (Lipinski definition) is 2. The van der Waals surface area contributed by atoms with E-state index in [-0.39, 0.29) is 24.0 Å². The van der Waals surface area contributed by atoms with Crippen LogP contribution in [-0.2, 0) is 19.4 Å². The second-order valence-electron chi connectivity index (χ2n) is 5.66. The van der Waals surface area contributed by atoms with Crippen molar-refractivity contribution in [2.24, 2.45) is 4.99 Å². The third-order valence-electron chi connectivity index (χ3n) is 3.77. The molecule has 0 saturated heterocycles. The van der Waals surface area contributed by atoms with Crippen LogP contribution in [0, 0.1) is 0 Å². The van der Waals surface area contributed by atoms with E-state index < -0.39 is 0 Å². The number of rotatable bonds is 8. The Morgan fingerprint density at radius 1 is 0.923 bits per heavy atom. The van der Waals surface area contributed by atoms with Crippen molar-refractivity contribution < 1.29 is 4.42 Å². The first-order chi connectivity index (χ1) is 12.4. The van der Waals surface area contributed by atoms with Crippen LogP contribution in [0.2, 0.25) is 0 Å². The molecule has 3 aromatic rings.